The second-order valence-electron chi connectivity index (χ2n) is 4.75. The third-order valence-corrected chi connectivity index (χ3v) is 3.47. The molecule has 1 aromatic carbocycles. The van der Waals surface area contributed by atoms with Crippen LogP contribution in [0.1, 0.15) is 16.1 Å². The molecule has 23 heavy (non-hydrogen) atoms. The molecule has 0 bridgehead atoms. The highest BCUT2D eigenvalue weighted by Crippen LogP contribution is 2.33. The van der Waals surface area contributed by atoms with E-state index in [0.717, 1.165) is 18.2 Å². The van der Waals surface area contributed by atoms with Gasteiger partial charge in [-0.3, -0.25) is 4.79 Å². The maximum atomic E-state index is 12.7. The van der Waals surface area contributed by atoms with Crippen LogP contribution in [0.5, 0.6) is 0 Å². The molecule has 0 spiro atoms. The quantitative estimate of drug-likeness (QED) is 0.758. The van der Waals surface area contributed by atoms with Crippen LogP contribution in [-0.4, -0.2) is 15.5 Å². The van der Waals surface area contributed by atoms with Crippen LogP contribution < -0.4 is 5.32 Å². The minimum atomic E-state index is -4.52. The molecular weight excluding hydrogens is 331 g/mol. The summed E-state index contributed by atoms with van der Waals surface area (Å²) in [5, 5.41) is 6.41. The lowest BCUT2D eigenvalue weighted by atomic mass is 10.2. The number of hydrogen-bond acceptors (Lipinski definition) is 2. The van der Waals surface area contributed by atoms with Gasteiger partial charge < -0.3 is 5.32 Å². The summed E-state index contributed by atoms with van der Waals surface area (Å²) in [6, 6.07) is 9.52. The van der Waals surface area contributed by atoms with Crippen molar-refractivity contribution in [3.05, 3.63) is 64.9 Å². The molecule has 8 heteroatoms. The summed E-state index contributed by atoms with van der Waals surface area (Å²) >= 11 is 5.85. The van der Waals surface area contributed by atoms with Crippen LogP contribution in [0.25, 0.3) is 5.52 Å². The summed E-state index contributed by atoms with van der Waals surface area (Å²) in [7, 11) is 0. The number of pyridine rings is 1. The number of halogens is 4. The number of rotatable bonds is 2. The Labute approximate surface area is 133 Å². The minimum Gasteiger partial charge on any atom is -0.319 e. The molecule has 2 aromatic heterocycles. The molecule has 1 amide bonds. The van der Waals surface area contributed by atoms with Gasteiger partial charge in [-0.05, 0) is 36.4 Å². The Hall–Kier alpha value is -2.54. The first-order chi connectivity index (χ1) is 10.8. The van der Waals surface area contributed by atoms with Crippen LogP contribution in [-0.2, 0) is 6.18 Å². The number of amides is 1. The Morgan fingerprint density at radius 2 is 1.96 bits per heavy atom. The van der Waals surface area contributed by atoms with E-state index in [1.165, 1.54) is 10.6 Å². The molecule has 0 atom stereocenters. The van der Waals surface area contributed by atoms with E-state index in [9.17, 15) is 18.0 Å². The van der Waals surface area contributed by atoms with E-state index in [2.05, 4.69) is 10.4 Å². The molecule has 0 aliphatic rings. The van der Waals surface area contributed by atoms with Gasteiger partial charge in [-0.2, -0.15) is 18.3 Å². The number of alkyl halides is 3. The monoisotopic (exact) mass is 339 g/mol. The van der Waals surface area contributed by atoms with Gasteiger partial charge in [0.1, 0.15) is 0 Å². The molecule has 118 valence electrons. The first-order valence-electron chi connectivity index (χ1n) is 6.47. The highest BCUT2D eigenvalue weighted by molar-refractivity contribution is 6.33. The van der Waals surface area contributed by atoms with E-state index in [1.54, 1.807) is 24.4 Å². The molecule has 0 radical (unpaired) electrons. The van der Waals surface area contributed by atoms with Crippen LogP contribution in [0, 0.1) is 0 Å². The fourth-order valence-corrected chi connectivity index (χ4v) is 2.20. The van der Waals surface area contributed by atoms with Crippen molar-refractivity contribution in [1.29, 1.82) is 0 Å². The van der Waals surface area contributed by atoms with Crippen LogP contribution >= 0.6 is 11.6 Å². The Morgan fingerprint density at radius 3 is 2.65 bits per heavy atom. The number of fused-ring (bicyclic) bond motifs is 1. The largest absolute Gasteiger partial charge is 0.416 e. The van der Waals surface area contributed by atoms with Crippen molar-refractivity contribution in [2.45, 2.75) is 6.18 Å². The lowest BCUT2D eigenvalue weighted by Crippen LogP contribution is -2.14. The van der Waals surface area contributed by atoms with Crippen LogP contribution in [0.4, 0.5) is 18.9 Å². The van der Waals surface area contributed by atoms with Gasteiger partial charge in [0.15, 0.2) is 5.69 Å². The van der Waals surface area contributed by atoms with Gasteiger partial charge in [-0.1, -0.05) is 17.7 Å². The fourth-order valence-electron chi connectivity index (χ4n) is 2.03. The van der Waals surface area contributed by atoms with Gasteiger partial charge in [0.05, 0.1) is 21.8 Å². The fraction of sp³-hybridized carbons (Fsp3) is 0.0667. The van der Waals surface area contributed by atoms with Crippen molar-refractivity contribution < 1.29 is 18.0 Å². The van der Waals surface area contributed by atoms with E-state index in [-0.39, 0.29) is 16.4 Å². The summed E-state index contributed by atoms with van der Waals surface area (Å²) in [6.45, 7) is 0. The average Bonchev–Trinajstić information content (AvgIpc) is 2.92. The van der Waals surface area contributed by atoms with Gasteiger partial charge in [0.2, 0.25) is 0 Å². The van der Waals surface area contributed by atoms with E-state index < -0.39 is 17.6 Å². The SMILES string of the molecule is O=C(Nc1cc(C(F)(F)F)ccc1Cl)c1cc2ccccn2n1. The van der Waals surface area contributed by atoms with Gasteiger partial charge in [0.25, 0.3) is 5.91 Å². The number of carbonyl (C=O) groups is 1. The highest BCUT2D eigenvalue weighted by atomic mass is 35.5. The van der Waals surface area contributed by atoms with Crippen molar-refractivity contribution in [3.8, 4) is 0 Å². The zero-order valence-electron chi connectivity index (χ0n) is 11.4. The molecule has 1 N–H and O–H groups in total. The number of aromatic nitrogens is 2. The molecular formula is C15H9ClF3N3O. The van der Waals surface area contributed by atoms with Crippen molar-refractivity contribution in [3.63, 3.8) is 0 Å². The Kier molecular flexibility index (Phi) is 3.73. The van der Waals surface area contributed by atoms with Crippen molar-refractivity contribution in [1.82, 2.24) is 9.61 Å². The predicted molar refractivity (Wildman–Crippen MR) is 79.6 cm³/mol. The molecule has 0 aliphatic heterocycles. The minimum absolute atomic E-state index is 0.00936. The maximum absolute atomic E-state index is 12.7. The normalized spacial score (nSPS) is 11.7. The number of hydrogen-bond donors (Lipinski definition) is 1. The van der Waals surface area contributed by atoms with E-state index in [0.29, 0.717) is 5.52 Å². The van der Waals surface area contributed by atoms with E-state index in [4.69, 9.17) is 11.6 Å². The third-order valence-electron chi connectivity index (χ3n) is 3.14. The van der Waals surface area contributed by atoms with Gasteiger partial charge in [-0.15, -0.1) is 0 Å². The smallest absolute Gasteiger partial charge is 0.319 e. The summed E-state index contributed by atoms with van der Waals surface area (Å²) in [4.78, 5) is 12.2. The topological polar surface area (TPSA) is 46.4 Å². The third kappa shape index (κ3) is 3.14. The second-order valence-corrected chi connectivity index (χ2v) is 5.15. The van der Waals surface area contributed by atoms with Crippen LogP contribution in [0.3, 0.4) is 0 Å². The molecule has 0 saturated carbocycles. The number of anilines is 1. The Morgan fingerprint density at radius 1 is 1.17 bits per heavy atom. The predicted octanol–water partition coefficient (Wildman–Crippen LogP) is 4.26. The molecule has 0 saturated heterocycles. The van der Waals surface area contributed by atoms with E-state index >= 15 is 0 Å². The van der Waals surface area contributed by atoms with Gasteiger partial charge >= 0.3 is 6.18 Å². The zero-order valence-corrected chi connectivity index (χ0v) is 12.2. The maximum Gasteiger partial charge on any atom is 0.416 e. The highest BCUT2D eigenvalue weighted by Gasteiger charge is 2.31. The van der Waals surface area contributed by atoms with Crippen molar-refractivity contribution in [2.75, 3.05) is 5.32 Å². The lowest BCUT2D eigenvalue weighted by molar-refractivity contribution is -0.137. The van der Waals surface area contributed by atoms with Crippen LogP contribution in [0.2, 0.25) is 5.02 Å². The van der Waals surface area contributed by atoms with Gasteiger partial charge in [-0.25, -0.2) is 4.52 Å². The first kappa shape index (κ1) is 15.4. The molecule has 2 heterocycles. The average molecular weight is 340 g/mol. The molecule has 3 aromatic rings. The Bertz CT molecular complexity index is 856. The van der Waals surface area contributed by atoms with Crippen LogP contribution in [0.15, 0.2) is 48.7 Å². The van der Waals surface area contributed by atoms with Crippen molar-refractivity contribution in [2.24, 2.45) is 0 Å². The Balaban J connectivity index is 1.90. The lowest BCUT2D eigenvalue weighted by Gasteiger charge is -2.10. The summed E-state index contributed by atoms with van der Waals surface area (Å²) in [5.41, 5.74) is -0.256. The van der Waals surface area contributed by atoms with Crippen molar-refractivity contribution >= 4 is 28.7 Å². The molecule has 3 rings (SSSR count). The van der Waals surface area contributed by atoms with E-state index in [1.807, 2.05) is 0 Å². The number of nitrogens with zero attached hydrogens (tertiary/aromatic N) is 2. The number of carbonyl (C=O) groups excluding carboxylic acids is 1. The summed E-state index contributed by atoms with van der Waals surface area (Å²) in [6.07, 6.45) is -2.86. The molecule has 4 nitrogen and oxygen atoms in total. The summed E-state index contributed by atoms with van der Waals surface area (Å²) in [5.74, 6) is -0.644. The summed E-state index contributed by atoms with van der Waals surface area (Å²) < 4.78 is 39.7. The first-order valence-corrected chi connectivity index (χ1v) is 6.85. The standard InChI is InChI=1S/C15H9ClF3N3O/c16-11-5-4-9(15(17,18)19)7-12(11)20-14(23)13-8-10-3-1-2-6-22(10)21-13/h1-8H,(H,20,23). The molecule has 0 fully saturated rings. The van der Waals surface area contributed by atoms with Gasteiger partial charge in [0, 0.05) is 6.20 Å². The molecule has 0 unspecified atom stereocenters. The zero-order chi connectivity index (χ0) is 16.6. The second kappa shape index (κ2) is 5.58. The number of nitrogens with one attached hydrogen (secondary N) is 1. The molecule has 0 aliphatic carbocycles. The number of benzene rings is 1.